The van der Waals surface area contributed by atoms with Gasteiger partial charge in [0.05, 0.1) is 30.8 Å². The third-order valence-corrected chi connectivity index (χ3v) is 9.88. The first-order chi connectivity index (χ1) is 20.0. The molecule has 216 valence electrons. The molecule has 0 radical (unpaired) electrons. The maximum absolute atomic E-state index is 14.2. The first-order valence-corrected chi connectivity index (χ1v) is 14.0. The number of Topliss-reactive ketones (excluding diaryl/α,β-unsaturated/α-hetero) is 2. The molecule has 3 aromatic rings. The van der Waals surface area contributed by atoms with Crippen molar-refractivity contribution < 1.29 is 19.4 Å². The van der Waals surface area contributed by atoms with Crippen LogP contribution in [0.5, 0.6) is 11.5 Å². The van der Waals surface area contributed by atoms with Gasteiger partial charge in [0.1, 0.15) is 0 Å². The van der Waals surface area contributed by atoms with Gasteiger partial charge in [-0.25, -0.2) is 23.5 Å². The number of fused-ring (bicyclic) bond motifs is 4. The van der Waals surface area contributed by atoms with Crippen molar-refractivity contribution in [3.05, 3.63) is 104 Å². The second-order valence-electron chi connectivity index (χ2n) is 11.8. The number of hydrogen-bond acceptors (Lipinski definition) is 6. The molecular formula is C33H33N3O6. The van der Waals surface area contributed by atoms with Gasteiger partial charge >= 0.3 is 11.4 Å². The van der Waals surface area contributed by atoms with Crippen molar-refractivity contribution in [2.45, 2.75) is 46.7 Å². The van der Waals surface area contributed by atoms with Crippen LogP contribution >= 0.6 is 0 Å². The Morgan fingerprint density at radius 2 is 1.64 bits per heavy atom. The van der Waals surface area contributed by atoms with Crippen molar-refractivity contribution in [1.29, 1.82) is 0 Å². The summed E-state index contributed by atoms with van der Waals surface area (Å²) in [6, 6.07) is 13.1. The van der Waals surface area contributed by atoms with E-state index in [9.17, 15) is 24.3 Å². The van der Waals surface area contributed by atoms with Crippen LogP contribution in [-0.2, 0) is 16.1 Å². The second-order valence-corrected chi connectivity index (χ2v) is 11.8. The summed E-state index contributed by atoms with van der Waals surface area (Å²) in [5.41, 5.74) is -0.338. The molecule has 1 saturated carbocycles. The van der Waals surface area contributed by atoms with Crippen LogP contribution in [0.25, 0.3) is 11.8 Å². The zero-order valence-corrected chi connectivity index (χ0v) is 24.2. The highest BCUT2D eigenvalue weighted by Crippen LogP contribution is 2.63. The average molecular weight is 568 g/mol. The summed E-state index contributed by atoms with van der Waals surface area (Å²) >= 11 is 0. The number of hydrogen-bond donors (Lipinski definition) is 1. The molecule has 1 aromatic heterocycles. The molecule has 1 N–H and O–H groups in total. The Hall–Kier alpha value is -4.66. The lowest BCUT2D eigenvalue weighted by Crippen LogP contribution is -2.61. The number of aromatic hydroxyl groups is 1. The van der Waals surface area contributed by atoms with E-state index in [1.54, 1.807) is 50.2 Å². The molecule has 42 heavy (non-hydrogen) atoms. The molecule has 0 amide bonds. The predicted molar refractivity (Wildman–Crippen MR) is 158 cm³/mol. The van der Waals surface area contributed by atoms with E-state index in [2.05, 4.69) is 0 Å². The van der Waals surface area contributed by atoms with Crippen molar-refractivity contribution in [3.63, 3.8) is 0 Å². The second kappa shape index (κ2) is 9.44. The van der Waals surface area contributed by atoms with Crippen LogP contribution < -0.4 is 16.1 Å². The van der Waals surface area contributed by atoms with Gasteiger partial charge in [-0.15, -0.1) is 0 Å². The molecule has 0 unspecified atom stereocenters. The summed E-state index contributed by atoms with van der Waals surface area (Å²) in [4.78, 5) is 55.8. The Balaban J connectivity index is 1.57. The van der Waals surface area contributed by atoms with E-state index in [0.29, 0.717) is 22.6 Å². The minimum absolute atomic E-state index is 0.00599. The highest BCUT2D eigenvalue weighted by molar-refractivity contribution is 6.17. The summed E-state index contributed by atoms with van der Waals surface area (Å²) in [6.45, 7) is 7.22. The molecule has 1 fully saturated rings. The van der Waals surface area contributed by atoms with E-state index in [1.807, 2.05) is 38.1 Å². The number of rotatable bonds is 4. The zero-order chi connectivity index (χ0) is 30.1. The Kier molecular flexibility index (Phi) is 6.18. The van der Waals surface area contributed by atoms with E-state index < -0.39 is 34.2 Å². The third-order valence-electron chi connectivity index (χ3n) is 9.88. The first-order valence-electron chi connectivity index (χ1n) is 14.0. The number of phenolic OH excluding ortho intramolecular Hbond substituents is 1. The van der Waals surface area contributed by atoms with Crippen LogP contribution in [0.2, 0.25) is 0 Å². The summed E-state index contributed by atoms with van der Waals surface area (Å²) < 4.78 is 9.32. The third kappa shape index (κ3) is 3.55. The van der Waals surface area contributed by atoms with Crippen LogP contribution in [0.4, 0.5) is 0 Å². The van der Waals surface area contributed by atoms with Crippen molar-refractivity contribution in [2.75, 3.05) is 7.11 Å². The molecule has 9 nitrogen and oxygen atoms in total. The van der Waals surface area contributed by atoms with Crippen molar-refractivity contribution in [2.24, 2.45) is 16.7 Å². The number of aromatic nitrogens is 3. The van der Waals surface area contributed by atoms with Crippen LogP contribution in [-0.4, -0.2) is 37.7 Å². The Morgan fingerprint density at radius 3 is 2.33 bits per heavy atom. The van der Waals surface area contributed by atoms with E-state index in [4.69, 9.17) is 4.74 Å². The van der Waals surface area contributed by atoms with Crippen LogP contribution in [0.3, 0.4) is 0 Å². The number of carbonyl (C=O) groups is 2. The highest BCUT2D eigenvalue weighted by atomic mass is 16.5. The lowest BCUT2D eigenvalue weighted by Gasteiger charge is -2.57. The highest BCUT2D eigenvalue weighted by Gasteiger charge is 2.65. The number of nitrogens with zero attached hydrogens (tertiary/aromatic N) is 3. The normalized spacial score (nSPS) is 27.0. The Morgan fingerprint density at radius 1 is 0.952 bits per heavy atom. The fourth-order valence-corrected chi connectivity index (χ4v) is 7.22. The number of allylic oxidation sites excluding steroid dienone is 5. The number of benzene rings is 2. The minimum Gasteiger partial charge on any atom is -0.504 e. The molecular weight excluding hydrogens is 534 g/mol. The van der Waals surface area contributed by atoms with E-state index in [0.717, 1.165) is 15.7 Å². The van der Waals surface area contributed by atoms with Gasteiger partial charge in [-0.3, -0.25) is 9.59 Å². The number of carbonyl (C=O) groups excluding carboxylic acids is 2. The molecule has 2 aromatic carbocycles. The van der Waals surface area contributed by atoms with Gasteiger partial charge in [0.25, 0.3) is 0 Å². The summed E-state index contributed by atoms with van der Waals surface area (Å²) in [7, 11) is 1.47. The molecule has 0 bridgehead atoms. The zero-order valence-electron chi connectivity index (χ0n) is 24.2. The maximum atomic E-state index is 14.2. The first kappa shape index (κ1) is 27.5. The largest absolute Gasteiger partial charge is 0.504 e. The maximum Gasteiger partial charge on any atom is 0.352 e. The molecule has 9 heteroatoms. The lowest BCUT2D eigenvalue weighted by molar-refractivity contribution is -0.152. The number of methoxy groups -OCH3 is 1. The summed E-state index contributed by atoms with van der Waals surface area (Å²) in [6.07, 6.45) is 5.88. The lowest BCUT2D eigenvalue weighted by atomic mass is 9.44. The van der Waals surface area contributed by atoms with E-state index >= 15 is 0 Å². The average Bonchev–Trinajstić information content (AvgIpc) is 3.25. The number of ketones is 2. The molecule has 0 spiro atoms. The number of phenols is 1. The number of ether oxygens (including phenoxy) is 1. The van der Waals surface area contributed by atoms with Crippen molar-refractivity contribution >= 4 is 17.6 Å². The summed E-state index contributed by atoms with van der Waals surface area (Å²) in [5, 5.41) is 10.1. The van der Waals surface area contributed by atoms with Crippen LogP contribution in [0.15, 0.2) is 87.0 Å². The predicted octanol–water partition coefficient (Wildman–Crippen LogP) is 4.23. The van der Waals surface area contributed by atoms with E-state index in [-0.39, 0.29) is 30.3 Å². The summed E-state index contributed by atoms with van der Waals surface area (Å²) in [5.74, 6) is -0.469. The van der Waals surface area contributed by atoms with Gasteiger partial charge < -0.3 is 9.84 Å². The molecule has 3 aliphatic rings. The molecule has 2 heterocycles. The Bertz CT molecular complexity index is 1870. The van der Waals surface area contributed by atoms with Gasteiger partial charge in [0.2, 0.25) is 0 Å². The van der Waals surface area contributed by atoms with Crippen molar-refractivity contribution in [1.82, 2.24) is 13.9 Å². The standard InChI is InChI=1S/C33H33N3O6/c1-19-20(2)29(39)33(4)24(13-11-21-12-14-26(37)27(17-21)42-5)23-15-16-34-30(40)35(22-9-7-6-8-10-22)31(41)36(34)25(23)18-32(33,3)28(19)38/h6-15,17,24-25,37H,16,18H2,1-5H3/t24-,25+,32-,33+/m0/s1. The fourth-order valence-electron chi connectivity index (χ4n) is 7.22. The fraction of sp³-hybridized carbons (Fsp3) is 0.333. The molecule has 4 atom stereocenters. The van der Waals surface area contributed by atoms with Gasteiger partial charge in [0.15, 0.2) is 23.1 Å². The van der Waals surface area contributed by atoms with Crippen LogP contribution in [0, 0.1) is 16.7 Å². The van der Waals surface area contributed by atoms with Crippen molar-refractivity contribution in [3.8, 4) is 17.2 Å². The van der Waals surface area contributed by atoms with Gasteiger partial charge in [-0.2, -0.15) is 0 Å². The molecule has 6 rings (SSSR count). The molecule has 2 aliphatic carbocycles. The monoisotopic (exact) mass is 567 g/mol. The van der Waals surface area contributed by atoms with E-state index in [1.165, 1.54) is 22.5 Å². The molecule has 1 aliphatic heterocycles. The SMILES string of the molecule is COc1cc(C=C[C@H]2C3=CCn4c(=O)n(-c5ccccc5)c(=O)n4[C@@H]3C[C@@]3(C)C(=O)C(C)=C(C)C(=O)[C@@]23C)ccc1O. The van der Waals surface area contributed by atoms with Gasteiger partial charge in [-0.05, 0) is 66.8 Å². The quantitative estimate of drug-likeness (QED) is 0.473. The van der Waals surface area contributed by atoms with Crippen LogP contribution in [0.1, 0.15) is 45.7 Å². The molecule has 0 saturated heterocycles. The van der Waals surface area contributed by atoms with Gasteiger partial charge in [0, 0.05) is 11.3 Å². The minimum atomic E-state index is -1.15. The number of para-hydroxylation sites is 1. The topological polar surface area (TPSA) is 113 Å². The Labute approximate surface area is 242 Å². The van der Waals surface area contributed by atoms with Gasteiger partial charge in [-0.1, -0.05) is 56.3 Å². The smallest absolute Gasteiger partial charge is 0.352 e.